The Bertz CT molecular complexity index is 699. The number of hydrogen-bond donors (Lipinski definition) is 2. The van der Waals surface area contributed by atoms with Gasteiger partial charge in [-0.3, -0.25) is 0 Å². The molecule has 0 aliphatic heterocycles. The van der Waals surface area contributed by atoms with Gasteiger partial charge < -0.3 is 19.0 Å². The van der Waals surface area contributed by atoms with Crippen molar-refractivity contribution in [2.24, 2.45) is 12.8 Å². The first-order chi connectivity index (χ1) is 12.8. The van der Waals surface area contributed by atoms with Gasteiger partial charge in [0.15, 0.2) is 0 Å². The average Bonchev–Trinajstić information content (AvgIpc) is 3.02. The number of nitrogens with zero attached hydrogens (tertiary/aromatic N) is 2. The van der Waals surface area contributed by atoms with Crippen LogP contribution in [0.2, 0.25) is 6.04 Å². The van der Waals surface area contributed by atoms with Crippen molar-refractivity contribution in [2.75, 3.05) is 21.3 Å². The Kier molecular flexibility index (Phi) is 7.98. The van der Waals surface area contributed by atoms with E-state index < -0.39 is 18.8 Å². The Balaban J connectivity index is 2.10. The second-order valence-electron chi connectivity index (χ2n) is 6.96. The van der Waals surface area contributed by atoms with E-state index in [9.17, 15) is 8.42 Å². The summed E-state index contributed by atoms with van der Waals surface area (Å²) in [6, 6.07) is 0.236. The number of nitrogens with one attached hydrogen (secondary N) is 1. The largest absolute Gasteiger partial charge is 0.500 e. The summed E-state index contributed by atoms with van der Waals surface area (Å²) >= 11 is 0. The SMILES string of the molecule is CO[Si](CCCn1cc[n+](C)c1S(=O)(=O)N[C@@H]1CCCC[C@H]1N)(OC)OC. The van der Waals surface area contributed by atoms with E-state index in [1.165, 1.54) is 0 Å². The molecular formula is C16H33N4O5SSi+. The molecule has 2 rings (SSSR count). The molecule has 1 saturated carbocycles. The number of aromatic nitrogens is 2. The van der Waals surface area contributed by atoms with Gasteiger partial charge in [-0.1, -0.05) is 12.8 Å². The third-order valence-electron chi connectivity index (χ3n) is 5.20. The molecule has 0 aromatic carbocycles. The van der Waals surface area contributed by atoms with Crippen LogP contribution in [0.3, 0.4) is 0 Å². The molecule has 1 aromatic heterocycles. The van der Waals surface area contributed by atoms with Crippen LogP contribution in [0, 0.1) is 0 Å². The summed E-state index contributed by atoms with van der Waals surface area (Å²) in [5.41, 5.74) is 6.11. The number of sulfonamides is 1. The third-order valence-corrected chi connectivity index (χ3v) is 9.65. The fourth-order valence-electron chi connectivity index (χ4n) is 3.60. The first-order valence-electron chi connectivity index (χ1n) is 9.26. The first-order valence-corrected chi connectivity index (χ1v) is 12.7. The predicted molar refractivity (Wildman–Crippen MR) is 102 cm³/mol. The molecule has 0 unspecified atom stereocenters. The summed E-state index contributed by atoms with van der Waals surface area (Å²) in [4.78, 5) is 0. The van der Waals surface area contributed by atoms with E-state index in [4.69, 9.17) is 19.0 Å². The number of rotatable bonds is 10. The second kappa shape index (κ2) is 9.59. The Labute approximate surface area is 163 Å². The zero-order valence-corrected chi connectivity index (χ0v) is 18.5. The van der Waals surface area contributed by atoms with Crippen LogP contribution in [0.15, 0.2) is 17.6 Å². The highest BCUT2D eigenvalue weighted by molar-refractivity contribution is 7.89. The van der Waals surface area contributed by atoms with Crippen molar-refractivity contribution < 1.29 is 26.3 Å². The highest BCUT2D eigenvalue weighted by Crippen LogP contribution is 2.20. The normalized spacial score (nSPS) is 21.5. The van der Waals surface area contributed by atoms with Crippen molar-refractivity contribution in [2.45, 2.75) is 61.9 Å². The van der Waals surface area contributed by atoms with Gasteiger partial charge in [-0.15, -0.1) is 0 Å². The molecule has 1 heterocycles. The molecule has 27 heavy (non-hydrogen) atoms. The Morgan fingerprint density at radius 1 is 1.26 bits per heavy atom. The van der Waals surface area contributed by atoms with Crippen LogP contribution in [0.1, 0.15) is 32.1 Å². The van der Waals surface area contributed by atoms with Gasteiger partial charge in [0, 0.05) is 39.5 Å². The molecule has 11 heteroatoms. The fraction of sp³-hybridized carbons (Fsp3) is 0.812. The molecule has 156 valence electrons. The maximum Gasteiger partial charge on any atom is 0.500 e. The molecule has 9 nitrogen and oxygen atoms in total. The van der Waals surface area contributed by atoms with Gasteiger partial charge in [-0.2, -0.15) is 8.42 Å². The molecule has 3 N–H and O–H groups in total. The van der Waals surface area contributed by atoms with Crippen LogP contribution in [0.5, 0.6) is 0 Å². The first kappa shape index (κ1) is 22.5. The lowest BCUT2D eigenvalue weighted by atomic mass is 9.92. The Hall–Kier alpha value is -0.823. The van der Waals surface area contributed by atoms with Gasteiger partial charge in [0.05, 0.1) is 13.6 Å². The monoisotopic (exact) mass is 421 g/mol. The standard InChI is InChI=1S/C16H33N4O5SSi/c1-19-11-12-20(10-7-13-27(23-2,24-3)25-4)16(19)26(21,22)18-15-9-6-5-8-14(15)17/h11-12,14-15,18H,5-10,13,17H2,1-4H3/q+1/t14-,15-/m1/s1. The van der Waals surface area contributed by atoms with Crippen LogP contribution in [0.25, 0.3) is 0 Å². The summed E-state index contributed by atoms with van der Waals surface area (Å²) in [6.45, 7) is 0.513. The van der Waals surface area contributed by atoms with Crippen molar-refractivity contribution in [3.8, 4) is 0 Å². The van der Waals surface area contributed by atoms with Gasteiger partial charge in [-0.25, -0.2) is 13.9 Å². The highest BCUT2D eigenvalue weighted by atomic mass is 32.2. The third kappa shape index (κ3) is 5.37. The lowest BCUT2D eigenvalue weighted by Crippen LogP contribution is -2.51. The molecule has 1 aromatic rings. The zero-order chi connectivity index (χ0) is 20.1. The Morgan fingerprint density at radius 2 is 1.89 bits per heavy atom. The number of imidazole rings is 1. The topological polar surface area (TPSA) is 109 Å². The quantitative estimate of drug-likeness (QED) is 0.411. The minimum atomic E-state index is -3.68. The van der Waals surface area contributed by atoms with E-state index >= 15 is 0 Å². The molecule has 0 radical (unpaired) electrons. The molecule has 0 bridgehead atoms. The summed E-state index contributed by atoms with van der Waals surface area (Å²) in [6.07, 6.45) is 7.84. The second-order valence-corrected chi connectivity index (χ2v) is 11.7. The maximum absolute atomic E-state index is 13.0. The molecule has 0 saturated heterocycles. The van der Waals surface area contributed by atoms with E-state index in [1.807, 2.05) is 0 Å². The van der Waals surface area contributed by atoms with Crippen LogP contribution in [-0.2, 0) is 36.9 Å². The fourth-order valence-corrected chi connectivity index (χ4v) is 7.01. The van der Waals surface area contributed by atoms with E-state index in [1.54, 1.807) is 49.9 Å². The summed E-state index contributed by atoms with van der Waals surface area (Å²) in [7, 11) is 0.0876. The number of nitrogens with two attached hydrogens (primary N) is 1. The van der Waals surface area contributed by atoms with Crippen molar-refractivity contribution in [3.05, 3.63) is 12.4 Å². The predicted octanol–water partition coefficient (Wildman–Crippen LogP) is 0.129. The maximum atomic E-state index is 13.0. The van der Waals surface area contributed by atoms with E-state index in [2.05, 4.69) is 4.72 Å². The molecule has 1 aliphatic carbocycles. The van der Waals surface area contributed by atoms with E-state index in [0.29, 0.717) is 19.0 Å². The number of aryl methyl sites for hydroxylation is 2. The van der Waals surface area contributed by atoms with E-state index in [-0.39, 0.29) is 17.2 Å². The van der Waals surface area contributed by atoms with Crippen molar-refractivity contribution in [1.82, 2.24) is 9.29 Å². The van der Waals surface area contributed by atoms with Gasteiger partial charge in [0.25, 0.3) is 0 Å². The molecule has 1 aliphatic rings. The molecule has 0 spiro atoms. The van der Waals surface area contributed by atoms with Gasteiger partial charge in [0.1, 0.15) is 12.4 Å². The van der Waals surface area contributed by atoms with E-state index in [0.717, 1.165) is 25.7 Å². The molecule has 2 atom stereocenters. The average molecular weight is 422 g/mol. The van der Waals surface area contributed by atoms with Crippen LogP contribution >= 0.6 is 0 Å². The lowest BCUT2D eigenvalue weighted by molar-refractivity contribution is -0.710. The van der Waals surface area contributed by atoms with Crippen LogP contribution in [0.4, 0.5) is 0 Å². The zero-order valence-electron chi connectivity index (χ0n) is 16.7. The Morgan fingerprint density at radius 3 is 2.48 bits per heavy atom. The van der Waals surface area contributed by atoms with Crippen molar-refractivity contribution in [3.63, 3.8) is 0 Å². The lowest BCUT2D eigenvalue weighted by Gasteiger charge is -2.28. The van der Waals surface area contributed by atoms with Gasteiger partial charge >= 0.3 is 24.0 Å². The molecule has 1 fully saturated rings. The highest BCUT2D eigenvalue weighted by Gasteiger charge is 2.38. The minimum Gasteiger partial charge on any atom is -0.377 e. The van der Waals surface area contributed by atoms with Gasteiger partial charge in [-0.05, 0) is 19.3 Å². The van der Waals surface area contributed by atoms with Crippen molar-refractivity contribution >= 4 is 18.8 Å². The smallest absolute Gasteiger partial charge is 0.377 e. The number of hydrogen-bond acceptors (Lipinski definition) is 6. The summed E-state index contributed by atoms with van der Waals surface area (Å²) in [5.74, 6) is 0. The summed E-state index contributed by atoms with van der Waals surface area (Å²) in [5, 5.41) is 0.222. The summed E-state index contributed by atoms with van der Waals surface area (Å²) < 4.78 is 48.4. The molecule has 0 amide bonds. The molecular weight excluding hydrogens is 388 g/mol. The van der Waals surface area contributed by atoms with Crippen LogP contribution in [-0.4, -0.2) is 55.2 Å². The van der Waals surface area contributed by atoms with Crippen molar-refractivity contribution in [1.29, 1.82) is 0 Å². The van der Waals surface area contributed by atoms with Gasteiger partial charge in [0.2, 0.25) is 0 Å². The van der Waals surface area contributed by atoms with Crippen LogP contribution < -0.4 is 15.0 Å². The minimum absolute atomic E-state index is 0.140.